The molecule has 0 saturated carbocycles. The van der Waals surface area contributed by atoms with Crippen LogP contribution in [-0.4, -0.2) is 60.3 Å². The van der Waals surface area contributed by atoms with Crippen LogP contribution in [0.25, 0.3) is 0 Å². The molecule has 0 bridgehead atoms. The van der Waals surface area contributed by atoms with E-state index in [-0.39, 0.29) is 0 Å². The lowest BCUT2D eigenvalue weighted by molar-refractivity contribution is 0.961. The van der Waals surface area contributed by atoms with E-state index in [1.807, 2.05) is 143 Å². The summed E-state index contributed by atoms with van der Waals surface area (Å²) in [6.07, 6.45) is 22.9. The predicted molar refractivity (Wildman–Crippen MR) is 261 cm³/mol. The van der Waals surface area contributed by atoms with E-state index in [4.69, 9.17) is 0 Å². The summed E-state index contributed by atoms with van der Waals surface area (Å²) in [5.41, 5.74) is 18.7. The average molecular weight is 861 g/mol. The van der Waals surface area contributed by atoms with Crippen molar-refractivity contribution in [3.8, 4) is 0 Å². The fraction of sp³-hybridized carbons (Fsp3) is 0.308. The van der Waals surface area contributed by atoms with E-state index in [1.54, 1.807) is 37.3 Å². The van der Waals surface area contributed by atoms with Crippen molar-refractivity contribution in [2.45, 2.75) is 111 Å². The molecule has 0 saturated heterocycles. The largest absolute Gasteiger partial charge is 0.264 e. The second-order valence-electron chi connectivity index (χ2n) is 14.9. The summed E-state index contributed by atoms with van der Waals surface area (Å²) in [4.78, 5) is 31.9. The van der Waals surface area contributed by atoms with Gasteiger partial charge < -0.3 is 0 Å². The molecule has 0 unspecified atom stereocenters. The van der Waals surface area contributed by atoms with Crippen molar-refractivity contribution in [3.05, 3.63) is 213 Å². The van der Waals surface area contributed by atoms with Crippen LogP contribution in [0.3, 0.4) is 0 Å². The number of nitrogens with zero attached hydrogens (tertiary/aromatic N) is 12. The van der Waals surface area contributed by atoms with Gasteiger partial charge in [-0.25, -0.2) is 9.97 Å². The van der Waals surface area contributed by atoms with Gasteiger partial charge in [-0.3, -0.25) is 29.9 Å². The van der Waals surface area contributed by atoms with E-state index in [1.165, 1.54) is 50.1 Å². The Labute approximate surface area is 382 Å². The van der Waals surface area contributed by atoms with Crippen LogP contribution < -0.4 is 0 Å². The van der Waals surface area contributed by atoms with Crippen molar-refractivity contribution < 1.29 is 0 Å². The topological polar surface area (TPSA) is 155 Å². The normalized spacial score (nSPS) is 9.25. The van der Waals surface area contributed by atoms with Crippen LogP contribution >= 0.6 is 0 Å². The second kappa shape index (κ2) is 31.7. The monoisotopic (exact) mass is 861 g/mol. The predicted octanol–water partition coefficient (Wildman–Crippen LogP) is 11.2. The minimum absolute atomic E-state index is 1.01. The quantitative estimate of drug-likeness (QED) is 0.142. The van der Waals surface area contributed by atoms with E-state index in [9.17, 15) is 0 Å². The Morgan fingerprint density at radius 1 is 0.250 bits per heavy atom. The molecule has 0 fully saturated rings. The maximum atomic E-state index is 4.08. The lowest BCUT2D eigenvalue weighted by Crippen LogP contribution is -1.87. The summed E-state index contributed by atoms with van der Waals surface area (Å²) in [7, 11) is 0. The molecule has 0 radical (unpaired) electrons. The third kappa shape index (κ3) is 24.4. The first-order chi connectivity index (χ1) is 30.4. The van der Waals surface area contributed by atoms with Crippen molar-refractivity contribution in [2.24, 2.45) is 0 Å². The van der Waals surface area contributed by atoms with Gasteiger partial charge in [0, 0.05) is 79.1 Å². The van der Waals surface area contributed by atoms with Gasteiger partial charge in [0.2, 0.25) is 0 Å². The molecular weight excluding hydrogens is 793 g/mol. The zero-order chi connectivity index (χ0) is 47.9. The molecule has 0 atom stereocenters. The third-order valence-electron chi connectivity index (χ3n) is 9.79. The van der Waals surface area contributed by atoms with E-state index in [0.29, 0.717) is 0 Å². The zero-order valence-electron chi connectivity index (χ0n) is 40.9. The first-order valence-electron chi connectivity index (χ1n) is 20.9. The fourth-order valence-corrected chi connectivity index (χ4v) is 4.06. The molecule has 8 rings (SSSR count). The molecule has 8 heterocycles. The van der Waals surface area contributed by atoms with Crippen LogP contribution in [0.4, 0.5) is 0 Å². The first kappa shape index (κ1) is 54.9. The molecule has 8 aromatic heterocycles. The Morgan fingerprint density at radius 2 is 0.625 bits per heavy atom. The van der Waals surface area contributed by atoms with Gasteiger partial charge in [-0.05, 0) is 197 Å². The van der Waals surface area contributed by atoms with E-state index in [2.05, 4.69) is 114 Å². The van der Waals surface area contributed by atoms with Crippen molar-refractivity contribution >= 4 is 0 Å². The molecule has 0 aromatic carbocycles. The number of aryl methyl sites for hydroxylation is 16. The minimum Gasteiger partial charge on any atom is -0.264 e. The maximum Gasteiger partial charge on any atom is 0.115 e. The summed E-state index contributed by atoms with van der Waals surface area (Å²) in [5.74, 6) is 0. The third-order valence-corrected chi connectivity index (χ3v) is 9.79. The lowest BCUT2D eigenvalue weighted by Gasteiger charge is -1.92. The summed E-state index contributed by atoms with van der Waals surface area (Å²) >= 11 is 0. The summed E-state index contributed by atoms with van der Waals surface area (Å²) in [5, 5.41) is 14.9. The number of hydrogen-bond donors (Lipinski definition) is 0. The van der Waals surface area contributed by atoms with Crippen molar-refractivity contribution in [3.63, 3.8) is 0 Å². The van der Waals surface area contributed by atoms with Crippen LogP contribution in [0.5, 0.6) is 0 Å². The zero-order valence-corrected chi connectivity index (χ0v) is 40.9. The van der Waals surface area contributed by atoms with E-state index >= 15 is 0 Å². The molecule has 0 aliphatic rings. The van der Waals surface area contributed by atoms with E-state index in [0.717, 1.165) is 39.7 Å². The van der Waals surface area contributed by atoms with Gasteiger partial charge in [-0.1, -0.05) is 12.1 Å². The Morgan fingerprint density at radius 3 is 0.875 bits per heavy atom. The average Bonchev–Trinajstić information content (AvgIpc) is 3.28. The lowest BCUT2D eigenvalue weighted by atomic mass is 10.2. The summed E-state index contributed by atoms with van der Waals surface area (Å²) in [6.45, 7) is 32.3. The molecule has 8 aromatic rings. The van der Waals surface area contributed by atoms with Gasteiger partial charge in [0.15, 0.2) is 0 Å². The highest BCUT2D eigenvalue weighted by Gasteiger charge is 1.91. The van der Waals surface area contributed by atoms with Gasteiger partial charge in [-0.15, -0.1) is 0 Å². The highest BCUT2D eigenvalue weighted by Crippen LogP contribution is 2.03. The molecule has 64 heavy (non-hydrogen) atoms. The van der Waals surface area contributed by atoms with Gasteiger partial charge in [-0.2, -0.15) is 20.4 Å². The Hall–Kier alpha value is -7.08. The Balaban J connectivity index is 0.000000366. The smallest absolute Gasteiger partial charge is 0.115 e. The Kier molecular flexibility index (Phi) is 27.2. The van der Waals surface area contributed by atoms with Crippen LogP contribution in [0.1, 0.15) is 89.8 Å². The SMILES string of the molecule is Cc1cccnc1C.Cc1cccnc1C.Cc1ccncc1C.Cc1ccncc1C.Cc1ccnnc1C.Cc1cncnc1C.Cc1cnncc1C.Cc1nccnc1C. The number of pyridine rings is 4. The molecule has 0 amide bonds. The number of aromatic nitrogens is 12. The van der Waals surface area contributed by atoms with Crippen molar-refractivity contribution in [1.82, 2.24) is 60.3 Å². The van der Waals surface area contributed by atoms with Gasteiger partial charge in [0.1, 0.15) is 6.33 Å². The summed E-state index contributed by atoms with van der Waals surface area (Å²) in [6, 6.07) is 14.0. The number of hydrogen-bond acceptors (Lipinski definition) is 12. The molecule has 0 N–H and O–H groups in total. The van der Waals surface area contributed by atoms with Crippen molar-refractivity contribution in [2.75, 3.05) is 0 Å². The fourth-order valence-electron chi connectivity index (χ4n) is 4.06. The molecule has 0 spiro atoms. The van der Waals surface area contributed by atoms with Gasteiger partial charge in [0.05, 0.1) is 29.5 Å². The summed E-state index contributed by atoms with van der Waals surface area (Å²) < 4.78 is 0. The van der Waals surface area contributed by atoms with Gasteiger partial charge >= 0.3 is 0 Å². The maximum absolute atomic E-state index is 4.08. The molecule has 12 nitrogen and oxygen atoms in total. The van der Waals surface area contributed by atoms with Crippen LogP contribution in [0.2, 0.25) is 0 Å². The molecule has 0 aliphatic carbocycles. The molecule has 0 aliphatic heterocycles. The van der Waals surface area contributed by atoms with E-state index < -0.39 is 0 Å². The number of rotatable bonds is 0. The minimum atomic E-state index is 1.01. The first-order valence-corrected chi connectivity index (χ1v) is 20.9. The van der Waals surface area contributed by atoms with Crippen molar-refractivity contribution in [1.29, 1.82) is 0 Å². The second-order valence-corrected chi connectivity index (χ2v) is 14.9. The molecular formula is C52H68N12. The van der Waals surface area contributed by atoms with Crippen LogP contribution in [-0.2, 0) is 0 Å². The molecule has 12 heteroatoms. The van der Waals surface area contributed by atoms with Crippen LogP contribution in [0, 0.1) is 111 Å². The standard InChI is InChI=1S/4C7H9N.4C6H8N2/c2*1-6-3-4-8-5-7(6)2;2*1-6-4-3-5-8-7(6)2;1-5-3-7-4-8-6(5)2;1-5-3-7-8-4-6(5)2;1-5-6(2)8-4-3-7-5;1-5-3-4-7-8-6(5)2/h4*3-5H,1-2H3;4*3-4H,1-2H3. The molecule has 336 valence electrons. The van der Waals surface area contributed by atoms with Crippen LogP contribution in [0.15, 0.2) is 123 Å². The highest BCUT2D eigenvalue weighted by atomic mass is 15.1. The Bertz CT molecular complexity index is 1820. The van der Waals surface area contributed by atoms with Gasteiger partial charge in [0.25, 0.3) is 0 Å². The highest BCUT2D eigenvalue weighted by molar-refractivity contribution is 5.20.